The number of aliphatic hydroxyl groups excluding tert-OH is 1. The van der Waals surface area contributed by atoms with Crippen LogP contribution in [0.1, 0.15) is 29.8 Å². The zero-order valence-electron chi connectivity index (χ0n) is 11.6. The van der Waals surface area contributed by atoms with E-state index < -0.39 is 12.2 Å². The summed E-state index contributed by atoms with van der Waals surface area (Å²) >= 11 is 0. The summed E-state index contributed by atoms with van der Waals surface area (Å²) in [7, 11) is 0. The van der Waals surface area contributed by atoms with Crippen molar-refractivity contribution in [2.45, 2.75) is 26.0 Å². The molecule has 0 heterocycles. The summed E-state index contributed by atoms with van der Waals surface area (Å²) in [6, 6.07) is 6.77. The quantitative estimate of drug-likeness (QED) is 0.580. The number of rotatable bonds is 6. The molecule has 0 saturated carbocycles. The zero-order valence-corrected chi connectivity index (χ0v) is 11.6. The lowest BCUT2D eigenvalue weighted by atomic mass is 10.1. The molecule has 1 aromatic carbocycles. The van der Waals surface area contributed by atoms with E-state index in [0.717, 1.165) is 5.56 Å². The van der Waals surface area contributed by atoms with Crippen LogP contribution in [0.4, 0.5) is 0 Å². The number of carbonyl (C=O) groups is 2. The summed E-state index contributed by atoms with van der Waals surface area (Å²) in [5.74, 6) is -0.442. The van der Waals surface area contributed by atoms with E-state index in [4.69, 9.17) is 5.11 Å². The normalized spacial score (nSPS) is 13.4. The molecule has 2 amide bonds. The van der Waals surface area contributed by atoms with Crippen LogP contribution in [0.25, 0.3) is 0 Å². The third kappa shape index (κ3) is 5.38. The van der Waals surface area contributed by atoms with E-state index in [-0.39, 0.29) is 18.4 Å². The van der Waals surface area contributed by atoms with Gasteiger partial charge in [0.1, 0.15) is 5.60 Å². The predicted octanol–water partition coefficient (Wildman–Crippen LogP) is -0.204. The molecule has 0 aliphatic rings. The minimum atomic E-state index is -1.33. The lowest BCUT2D eigenvalue weighted by Gasteiger charge is -2.20. The van der Waals surface area contributed by atoms with Crippen LogP contribution in [0.5, 0.6) is 0 Å². The van der Waals surface area contributed by atoms with Crippen LogP contribution in [-0.2, 0) is 11.3 Å². The highest BCUT2D eigenvalue weighted by atomic mass is 16.3. The van der Waals surface area contributed by atoms with Crippen LogP contribution in [0.15, 0.2) is 24.3 Å². The Hall–Kier alpha value is -1.92. The molecule has 4 N–H and O–H groups in total. The molecule has 0 saturated heterocycles. The first kappa shape index (κ1) is 16.1. The highest BCUT2D eigenvalue weighted by Gasteiger charge is 2.20. The van der Waals surface area contributed by atoms with Crippen molar-refractivity contribution in [2.24, 2.45) is 0 Å². The van der Waals surface area contributed by atoms with Crippen molar-refractivity contribution in [3.05, 3.63) is 35.4 Å². The van der Waals surface area contributed by atoms with E-state index >= 15 is 0 Å². The minimum Gasteiger partial charge on any atom is -0.393 e. The van der Waals surface area contributed by atoms with E-state index in [1.54, 1.807) is 24.3 Å². The lowest BCUT2D eigenvalue weighted by molar-refractivity contribution is -0.119. The predicted molar refractivity (Wildman–Crippen MR) is 74.0 cm³/mol. The van der Waals surface area contributed by atoms with Gasteiger partial charge in [0.05, 0.1) is 6.61 Å². The van der Waals surface area contributed by atoms with E-state index in [1.165, 1.54) is 13.8 Å². The molecule has 1 aromatic rings. The molecule has 0 aliphatic carbocycles. The second-order valence-electron chi connectivity index (χ2n) is 4.94. The Morgan fingerprint density at radius 2 is 1.80 bits per heavy atom. The Morgan fingerprint density at radius 1 is 1.20 bits per heavy atom. The third-order valence-corrected chi connectivity index (χ3v) is 2.73. The van der Waals surface area contributed by atoms with Crippen molar-refractivity contribution in [3.8, 4) is 0 Å². The Kier molecular flexibility index (Phi) is 5.66. The molecule has 20 heavy (non-hydrogen) atoms. The van der Waals surface area contributed by atoms with E-state index in [2.05, 4.69) is 10.6 Å². The largest absolute Gasteiger partial charge is 0.393 e. The average Bonchev–Trinajstić information content (AvgIpc) is 2.43. The minimum absolute atomic E-state index is 0.0318. The number of nitrogens with one attached hydrogen (secondary N) is 2. The summed E-state index contributed by atoms with van der Waals surface area (Å²) < 4.78 is 0. The molecule has 0 radical (unpaired) electrons. The summed E-state index contributed by atoms with van der Waals surface area (Å²) in [6.07, 6.45) is 0. The molecule has 110 valence electrons. The maximum Gasteiger partial charge on any atom is 0.251 e. The second-order valence-corrected chi connectivity index (χ2v) is 4.94. The van der Waals surface area contributed by atoms with Gasteiger partial charge in [-0.1, -0.05) is 12.1 Å². The molecule has 1 rings (SSSR count). The first-order valence-electron chi connectivity index (χ1n) is 6.29. The van der Waals surface area contributed by atoms with E-state index in [0.29, 0.717) is 12.1 Å². The van der Waals surface area contributed by atoms with Gasteiger partial charge in [-0.2, -0.15) is 0 Å². The van der Waals surface area contributed by atoms with Crippen LogP contribution in [0.3, 0.4) is 0 Å². The van der Waals surface area contributed by atoms with Crippen LogP contribution in [0, 0.1) is 0 Å². The molecular weight excluding hydrogens is 260 g/mol. The summed E-state index contributed by atoms with van der Waals surface area (Å²) in [5.41, 5.74) is 0.00509. The van der Waals surface area contributed by atoms with Gasteiger partial charge in [-0.3, -0.25) is 9.59 Å². The van der Waals surface area contributed by atoms with Crippen LogP contribution in [-0.4, -0.2) is 40.8 Å². The van der Waals surface area contributed by atoms with Crippen LogP contribution in [0.2, 0.25) is 0 Å². The SMILES string of the molecule is CC(=O)NCc1ccc(C(=O)NCC(C)(O)CO)cc1. The highest BCUT2D eigenvalue weighted by molar-refractivity contribution is 5.94. The maximum atomic E-state index is 11.8. The summed E-state index contributed by atoms with van der Waals surface area (Å²) in [4.78, 5) is 22.6. The van der Waals surface area contributed by atoms with Gasteiger partial charge in [0.25, 0.3) is 5.91 Å². The fourth-order valence-corrected chi connectivity index (χ4v) is 1.43. The standard InChI is InChI=1S/C14H20N2O4/c1-10(18)15-7-11-3-5-12(6-4-11)13(19)16-8-14(2,20)9-17/h3-6,17,20H,7-9H2,1-2H3,(H,15,18)(H,16,19). The van der Waals surface area contributed by atoms with Crippen molar-refractivity contribution in [1.29, 1.82) is 0 Å². The zero-order chi connectivity index (χ0) is 15.2. The molecule has 0 bridgehead atoms. The fourth-order valence-electron chi connectivity index (χ4n) is 1.43. The van der Waals surface area contributed by atoms with Gasteiger partial charge < -0.3 is 20.8 Å². The first-order chi connectivity index (χ1) is 9.34. The van der Waals surface area contributed by atoms with Gasteiger partial charge in [0, 0.05) is 25.6 Å². The Bertz CT molecular complexity index is 469. The van der Waals surface area contributed by atoms with E-state index in [9.17, 15) is 14.7 Å². The smallest absolute Gasteiger partial charge is 0.251 e. The number of amides is 2. The van der Waals surface area contributed by atoms with Gasteiger partial charge in [-0.15, -0.1) is 0 Å². The maximum absolute atomic E-state index is 11.8. The molecule has 0 aliphatic heterocycles. The van der Waals surface area contributed by atoms with Crippen molar-refractivity contribution in [2.75, 3.05) is 13.2 Å². The Morgan fingerprint density at radius 3 is 2.30 bits per heavy atom. The number of carbonyl (C=O) groups excluding carboxylic acids is 2. The van der Waals surface area contributed by atoms with Gasteiger partial charge >= 0.3 is 0 Å². The number of aliphatic hydroxyl groups is 2. The van der Waals surface area contributed by atoms with Crippen LogP contribution >= 0.6 is 0 Å². The van der Waals surface area contributed by atoms with Gasteiger partial charge in [-0.05, 0) is 24.6 Å². The number of benzene rings is 1. The molecule has 0 aromatic heterocycles. The van der Waals surface area contributed by atoms with E-state index in [1.807, 2.05) is 0 Å². The molecule has 6 heteroatoms. The molecule has 1 unspecified atom stereocenters. The summed E-state index contributed by atoms with van der Waals surface area (Å²) in [5, 5.41) is 23.7. The molecule has 0 spiro atoms. The number of hydrogen-bond acceptors (Lipinski definition) is 4. The van der Waals surface area contributed by atoms with Gasteiger partial charge in [-0.25, -0.2) is 0 Å². The monoisotopic (exact) mass is 280 g/mol. The van der Waals surface area contributed by atoms with Crippen molar-refractivity contribution in [3.63, 3.8) is 0 Å². The molecule has 1 atom stereocenters. The molecular formula is C14H20N2O4. The highest BCUT2D eigenvalue weighted by Crippen LogP contribution is 2.05. The van der Waals surface area contributed by atoms with Crippen LogP contribution < -0.4 is 10.6 Å². The molecule has 6 nitrogen and oxygen atoms in total. The van der Waals surface area contributed by atoms with Crippen molar-refractivity contribution < 1.29 is 19.8 Å². The van der Waals surface area contributed by atoms with Crippen molar-refractivity contribution >= 4 is 11.8 Å². The number of hydrogen-bond donors (Lipinski definition) is 4. The Balaban J connectivity index is 2.55. The third-order valence-electron chi connectivity index (χ3n) is 2.73. The van der Waals surface area contributed by atoms with Gasteiger partial charge in [0.2, 0.25) is 5.91 Å². The van der Waals surface area contributed by atoms with Gasteiger partial charge in [0.15, 0.2) is 0 Å². The summed E-state index contributed by atoms with van der Waals surface area (Å²) in [6.45, 7) is 2.83. The first-order valence-corrected chi connectivity index (χ1v) is 6.29. The topological polar surface area (TPSA) is 98.7 Å². The fraction of sp³-hybridized carbons (Fsp3) is 0.429. The Labute approximate surface area is 117 Å². The second kappa shape index (κ2) is 7.02. The average molecular weight is 280 g/mol. The lowest BCUT2D eigenvalue weighted by Crippen LogP contribution is -2.43. The van der Waals surface area contributed by atoms with Crippen molar-refractivity contribution in [1.82, 2.24) is 10.6 Å². The molecule has 0 fully saturated rings.